The Bertz CT molecular complexity index is 1680. The molecular formula is C36H42N6O2. The van der Waals surface area contributed by atoms with Gasteiger partial charge in [-0.15, -0.1) is 0 Å². The molecule has 6 rings (SSSR count). The van der Waals surface area contributed by atoms with Gasteiger partial charge in [0.15, 0.2) is 0 Å². The molecule has 1 saturated carbocycles. The molecule has 1 aliphatic heterocycles. The lowest BCUT2D eigenvalue weighted by Crippen LogP contribution is -2.42. The summed E-state index contributed by atoms with van der Waals surface area (Å²) < 4.78 is 2.19. The number of aromatic nitrogens is 3. The molecule has 2 N–H and O–H groups in total. The van der Waals surface area contributed by atoms with Crippen LogP contribution in [0.2, 0.25) is 0 Å². The third-order valence-corrected chi connectivity index (χ3v) is 9.61. The Morgan fingerprint density at radius 2 is 1.89 bits per heavy atom. The van der Waals surface area contributed by atoms with Crippen LogP contribution in [-0.4, -0.2) is 50.4 Å². The fraction of sp³-hybridized carbons (Fsp3) is 0.389. The molecule has 0 unspecified atom stereocenters. The van der Waals surface area contributed by atoms with Crippen molar-refractivity contribution in [3.05, 3.63) is 90.6 Å². The predicted octanol–water partition coefficient (Wildman–Crippen LogP) is 6.61. The molecule has 2 aliphatic rings. The molecule has 2 amide bonds. The summed E-state index contributed by atoms with van der Waals surface area (Å²) in [6, 6.07) is 20.5. The van der Waals surface area contributed by atoms with Crippen LogP contribution in [0.15, 0.2) is 79.5 Å². The van der Waals surface area contributed by atoms with Gasteiger partial charge >= 0.3 is 0 Å². The molecule has 2 fully saturated rings. The third kappa shape index (κ3) is 5.91. The standard InChI is InChI=1S/C36H42N6O2/c1-6-32(43)41-17-16-36(23-41)19-28(20-36)42-31-15-12-25(21-37-24(2)35(3,4)5)18-30(31)39-34(42)40-33(44)27-13-14-29(38-22-27)26-10-8-7-9-11-26/h6-15,18,22,24,28,37H,1,16-17,19-21,23H2,2-5H3,(H,39,40,44)/t24-,28-,36-/m0/s1. The van der Waals surface area contributed by atoms with Crippen LogP contribution in [-0.2, 0) is 11.3 Å². The van der Waals surface area contributed by atoms with Crippen LogP contribution in [0.3, 0.4) is 0 Å². The molecule has 3 heterocycles. The van der Waals surface area contributed by atoms with Crippen LogP contribution in [0.1, 0.15) is 68.9 Å². The Balaban J connectivity index is 1.26. The lowest BCUT2D eigenvalue weighted by molar-refractivity contribution is -0.125. The highest BCUT2D eigenvalue weighted by Gasteiger charge is 2.50. The van der Waals surface area contributed by atoms with Crippen LogP contribution in [0.25, 0.3) is 22.3 Å². The van der Waals surface area contributed by atoms with E-state index in [1.165, 1.54) is 6.08 Å². The van der Waals surface area contributed by atoms with Gasteiger partial charge in [0, 0.05) is 43.5 Å². The molecule has 0 bridgehead atoms. The van der Waals surface area contributed by atoms with Gasteiger partial charge in [-0.05, 0) is 72.9 Å². The van der Waals surface area contributed by atoms with E-state index in [2.05, 4.69) is 72.7 Å². The summed E-state index contributed by atoms with van der Waals surface area (Å²) in [6.07, 6.45) is 5.87. The number of hydrogen-bond donors (Lipinski definition) is 2. The van der Waals surface area contributed by atoms with Crippen LogP contribution in [0, 0.1) is 10.8 Å². The molecule has 44 heavy (non-hydrogen) atoms. The first kappa shape index (κ1) is 29.8. The van der Waals surface area contributed by atoms with Crippen molar-refractivity contribution in [3.63, 3.8) is 0 Å². The highest BCUT2D eigenvalue weighted by atomic mass is 16.2. The number of nitrogens with zero attached hydrogens (tertiary/aromatic N) is 4. The maximum absolute atomic E-state index is 13.5. The van der Waals surface area contributed by atoms with E-state index >= 15 is 0 Å². The van der Waals surface area contributed by atoms with E-state index in [0.717, 1.165) is 66.8 Å². The van der Waals surface area contributed by atoms with Crippen LogP contribution in [0.4, 0.5) is 5.95 Å². The number of carbonyl (C=O) groups is 2. The first-order valence-corrected chi connectivity index (χ1v) is 15.5. The lowest BCUT2D eigenvalue weighted by Gasteiger charge is -2.46. The summed E-state index contributed by atoms with van der Waals surface area (Å²) in [7, 11) is 0. The predicted molar refractivity (Wildman–Crippen MR) is 175 cm³/mol. The normalized spacial score (nSPS) is 20.5. The summed E-state index contributed by atoms with van der Waals surface area (Å²) in [5.41, 5.74) is 5.56. The number of pyridine rings is 1. The number of rotatable bonds is 8. The molecule has 4 aromatic rings. The maximum Gasteiger partial charge on any atom is 0.259 e. The van der Waals surface area contributed by atoms with E-state index in [1.807, 2.05) is 41.3 Å². The molecule has 8 nitrogen and oxygen atoms in total. The average Bonchev–Trinajstić information content (AvgIpc) is 3.60. The monoisotopic (exact) mass is 590 g/mol. The van der Waals surface area contributed by atoms with Crippen LogP contribution < -0.4 is 10.6 Å². The minimum atomic E-state index is -0.243. The van der Waals surface area contributed by atoms with Gasteiger partial charge in [-0.25, -0.2) is 4.98 Å². The minimum Gasteiger partial charge on any atom is -0.339 e. The quantitative estimate of drug-likeness (QED) is 0.225. The van der Waals surface area contributed by atoms with E-state index in [0.29, 0.717) is 17.6 Å². The Kier molecular flexibility index (Phi) is 7.88. The highest BCUT2D eigenvalue weighted by Crippen LogP contribution is 2.55. The van der Waals surface area contributed by atoms with E-state index < -0.39 is 0 Å². The Hall–Kier alpha value is -4.30. The van der Waals surface area contributed by atoms with E-state index in [9.17, 15) is 9.59 Å². The molecule has 1 spiro atoms. The average molecular weight is 591 g/mol. The smallest absolute Gasteiger partial charge is 0.259 e. The third-order valence-electron chi connectivity index (χ3n) is 9.61. The van der Waals surface area contributed by atoms with Crippen molar-refractivity contribution in [2.75, 3.05) is 18.4 Å². The van der Waals surface area contributed by atoms with Gasteiger partial charge in [0.1, 0.15) is 0 Å². The van der Waals surface area contributed by atoms with Crippen LogP contribution in [0.5, 0.6) is 0 Å². The topological polar surface area (TPSA) is 92.2 Å². The Labute approximate surface area is 259 Å². The molecule has 2 aromatic carbocycles. The van der Waals surface area contributed by atoms with Crippen molar-refractivity contribution in [1.82, 2.24) is 24.8 Å². The molecule has 8 heteroatoms. The number of carbonyl (C=O) groups excluding carboxylic acids is 2. The van der Waals surface area contributed by atoms with Gasteiger partial charge in [0.2, 0.25) is 11.9 Å². The van der Waals surface area contributed by atoms with E-state index in [1.54, 1.807) is 12.3 Å². The van der Waals surface area contributed by atoms with Gasteiger partial charge in [0.25, 0.3) is 5.91 Å². The molecule has 1 atom stereocenters. The largest absolute Gasteiger partial charge is 0.339 e. The maximum atomic E-state index is 13.5. The fourth-order valence-corrected chi connectivity index (χ4v) is 6.48. The van der Waals surface area contributed by atoms with Crippen molar-refractivity contribution < 1.29 is 9.59 Å². The van der Waals surface area contributed by atoms with Crippen molar-refractivity contribution >= 4 is 28.8 Å². The SMILES string of the molecule is C=CC(=O)N1CC[C@]2(C1)C[C@H](n1c(NC(=O)c3ccc(-c4ccccc4)nc3)nc3cc(CN[C@@H](C)C(C)(C)C)ccc31)C2. The second kappa shape index (κ2) is 11.7. The first-order chi connectivity index (χ1) is 21.0. The van der Waals surface area contributed by atoms with Gasteiger partial charge in [-0.2, -0.15) is 0 Å². The van der Waals surface area contributed by atoms with E-state index in [-0.39, 0.29) is 28.7 Å². The van der Waals surface area contributed by atoms with Gasteiger partial charge in [-0.3, -0.25) is 19.9 Å². The lowest BCUT2D eigenvalue weighted by atomic mass is 9.64. The Morgan fingerprint density at radius 1 is 1.11 bits per heavy atom. The molecule has 0 radical (unpaired) electrons. The van der Waals surface area contributed by atoms with Crippen molar-refractivity contribution in [2.45, 2.75) is 65.6 Å². The van der Waals surface area contributed by atoms with Crippen LogP contribution >= 0.6 is 0 Å². The zero-order chi connectivity index (χ0) is 31.1. The number of benzene rings is 2. The van der Waals surface area contributed by atoms with Crippen molar-refractivity contribution in [3.8, 4) is 11.3 Å². The minimum absolute atomic E-state index is 0.000156. The van der Waals surface area contributed by atoms with Gasteiger partial charge < -0.3 is 14.8 Å². The number of anilines is 1. The Morgan fingerprint density at radius 3 is 2.57 bits per heavy atom. The second-order valence-electron chi connectivity index (χ2n) is 13.6. The van der Waals surface area contributed by atoms with E-state index in [4.69, 9.17) is 4.98 Å². The molecule has 228 valence electrons. The summed E-state index contributed by atoms with van der Waals surface area (Å²) in [4.78, 5) is 37.2. The van der Waals surface area contributed by atoms with Crippen molar-refractivity contribution in [2.24, 2.45) is 10.8 Å². The van der Waals surface area contributed by atoms with Gasteiger partial charge in [0.05, 0.1) is 22.3 Å². The summed E-state index contributed by atoms with van der Waals surface area (Å²) in [5, 5.41) is 6.75. The van der Waals surface area contributed by atoms with Gasteiger partial charge in [-0.1, -0.05) is 63.7 Å². The number of hydrogen-bond acceptors (Lipinski definition) is 5. The highest BCUT2D eigenvalue weighted by molar-refractivity contribution is 6.04. The molecular weight excluding hydrogens is 548 g/mol. The summed E-state index contributed by atoms with van der Waals surface area (Å²) in [5.74, 6) is 0.301. The number of imidazole rings is 1. The fourth-order valence-electron chi connectivity index (χ4n) is 6.48. The zero-order valence-electron chi connectivity index (χ0n) is 26.1. The van der Waals surface area contributed by atoms with Crippen molar-refractivity contribution in [1.29, 1.82) is 0 Å². The molecule has 2 aromatic heterocycles. The first-order valence-electron chi connectivity index (χ1n) is 15.5. The number of likely N-dealkylation sites (tertiary alicyclic amines) is 1. The number of nitrogens with one attached hydrogen (secondary N) is 2. The zero-order valence-corrected chi connectivity index (χ0v) is 26.1. The molecule has 1 aliphatic carbocycles. The second-order valence-corrected chi connectivity index (χ2v) is 13.6. The molecule has 1 saturated heterocycles. The summed E-state index contributed by atoms with van der Waals surface area (Å²) >= 11 is 0. The number of fused-ring (bicyclic) bond motifs is 1. The summed E-state index contributed by atoms with van der Waals surface area (Å²) in [6.45, 7) is 14.8. The number of amides is 2.